The molecule has 4 N–H and O–H groups in total. The van der Waals surface area contributed by atoms with Gasteiger partial charge in [-0.05, 0) is 81.0 Å². The Morgan fingerprint density at radius 2 is 2.00 bits per heavy atom. The summed E-state index contributed by atoms with van der Waals surface area (Å²) in [4.78, 5) is 27.0. The summed E-state index contributed by atoms with van der Waals surface area (Å²) < 4.78 is 4.71. The van der Waals surface area contributed by atoms with Crippen molar-refractivity contribution in [1.82, 2.24) is 10.2 Å². The quantitative estimate of drug-likeness (QED) is 0.381. The summed E-state index contributed by atoms with van der Waals surface area (Å²) in [5.41, 5.74) is 8.87. The molecule has 2 amide bonds. The molecule has 2 aromatic rings. The fourth-order valence-corrected chi connectivity index (χ4v) is 6.66. The van der Waals surface area contributed by atoms with E-state index in [9.17, 15) is 14.7 Å². The number of halogens is 1. The highest BCUT2D eigenvalue weighted by atomic mass is 35.5. The zero-order chi connectivity index (χ0) is 28.0. The highest BCUT2D eigenvalue weighted by molar-refractivity contribution is 6.31. The van der Waals surface area contributed by atoms with Gasteiger partial charge in [0, 0.05) is 42.5 Å². The number of carbonyl (C=O) groups is 2. The molecule has 7 nitrogen and oxygen atoms in total. The summed E-state index contributed by atoms with van der Waals surface area (Å²) in [7, 11) is 1.33. The molecule has 1 aliphatic heterocycles. The first-order chi connectivity index (χ1) is 18.7. The van der Waals surface area contributed by atoms with E-state index in [4.69, 9.17) is 22.1 Å². The first-order valence-corrected chi connectivity index (χ1v) is 14.5. The number of aryl methyl sites for hydroxylation is 1. The molecular weight excluding hydrogens is 514 g/mol. The Morgan fingerprint density at radius 1 is 1.21 bits per heavy atom. The van der Waals surface area contributed by atoms with Crippen molar-refractivity contribution in [3.05, 3.63) is 69.7 Å². The van der Waals surface area contributed by atoms with Crippen molar-refractivity contribution >= 4 is 23.6 Å². The van der Waals surface area contributed by atoms with Gasteiger partial charge in [-0.15, -0.1) is 0 Å². The summed E-state index contributed by atoms with van der Waals surface area (Å²) in [6.45, 7) is 3.62. The average Bonchev–Trinajstić information content (AvgIpc) is 3.37. The third kappa shape index (κ3) is 7.13. The van der Waals surface area contributed by atoms with Crippen molar-refractivity contribution in [2.75, 3.05) is 26.7 Å². The van der Waals surface area contributed by atoms with Crippen LogP contribution < -0.4 is 11.1 Å². The number of nitrogens with two attached hydrogens (primary N) is 1. The third-order valence-electron chi connectivity index (χ3n) is 8.47. The Balaban J connectivity index is 1.64. The van der Waals surface area contributed by atoms with Crippen molar-refractivity contribution < 1.29 is 19.4 Å². The van der Waals surface area contributed by atoms with Crippen LogP contribution in [0.4, 0.5) is 4.79 Å². The second-order valence-electron chi connectivity index (χ2n) is 11.3. The summed E-state index contributed by atoms with van der Waals surface area (Å²) in [5, 5.41) is 16.0. The first-order valence-electron chi connectivity index (χ1n) is 14.1. The van der Waals surface area contributed by atoms with Crippen molar-refractivity contribution in [3.63, 3.8) is 0 Å². The summed E-state index contributed by atoms with van der Waals surface area (Å²) in [5.74, 6) is -0.0364. The molecule has 0 spiro atoms. The molecule has 0 bridgehead atoms. The lowest BCUT2D eigenvalue weighted by Crippen LogP contribution is -2.50. The molecule has 2 aromatic carbocycles. The van der Waals surface area contributed by atoms with E-state index in [-0.39, 0.29) is 23.8 Å². The fraction of sp³-hybridized carbons (Fsp3) is 0.548. The van der Waals surface area contributed by atoms with E-state index >= 15 is 0 Å². The minimum atomic E-state index is -1.23. The molecule has 1 unspecified atom stereocenters. The maximum atomic E-state index is 13.4. The summed E-state index contributed by atoms with van der Waals surface area (Å²) in [6, 6.07) is 14.1. The van der Waals surface area contributed by atoms with E-state index in [1.165, 1.54) is 12.7 Å². The highest BCUT2D eigenvalue weighted by Gasteiger charge is 2.43. The number of piperidine rings is 1. The van der Waals surface area contributed by atoms with Gasteiger partial charge in [-0.25, -0.2) is 4.79 Å². The number of rotatable bonds is 9. The molecule has 8 heteroatoms. The van der Waals surface area contributed by atoms with Crippen LogP contribution in [0, 0.1) is 18.8 Å². The largest absolute Gasteiger partial charge is 0.453 e. The van der Waals surface area contributed by atoms with Crippen molar-refractivity contribution in [2.45, 2.75) is 69.9 Å². The number of hydrogen-bond donors (Lipinski definition) is 3. The normalized spacial score (nSPS) is 22.8. The van der Waals surface area contributed by atoms with Crippen LogP contribution in [0.25, 0.3) is 0 Å². The van der Waals surface area contributed by atoms with E-state index < -0.39 is 11.7 Å². The molecule has 4 atom stereocenters. The van der Waals surface area contributed by atoms with E-state index in [0.29, 0.717) is 43.9 Å². The van der Waals surface area contributed by atoms with Crippen LogP contribution in [0.15, 0.2) is 42.5 Å². The Morgan fingerprint density at radius 3 is 2.72 bits per heavy atom. The molecule has 2 aliphatic rings. The molecule has 0 radical (unpaired) electrons. The lowest BCUT2D eigenvalue weighted by Gasteiger charge is -2.44. The number of likely N-dealkylation sites (tertiary alicyclic amines) is 1. The lowest BCUT2D eigenvalue weighted by atomic mass is 9.72. The SMILES string of the molecule is COC(=O)NCCCC(O)(c1cccc(Cl)c1Cc1cccc(C)c1)[C@@H]1CCCN(C(=O)[C@@H]2CC[C@H](N)C2)C1. The summed E-state index contributed by atoms with van der Waals surface area (Å²) in [6.07, 6.45) is 5.13. The molecule has 1 heterocycles. The Kier molecular flexibility index (Phi) is 9.91. The topological polar surface area (TPSA) is 105 Å². The van der Waals surface area contributed by atoms with Crippen LogP contribution in [0.1, 0.15) is 67.2 Å². The lowest BCUT2D eigenvalue weighted by molar-refractivity contribution is -0.141. The van der Waals surface area contributed by atoms with Gasteiger partial charge in [0.25, 0.3) is 0 Å². The molecule has 2 fully saturated rings. The molecule has 4 rings (SSSR count). The van der Waals surface area contributed by atoms with Crippen LogP contribution in [0.5, 0.6) is 0 Å². The van der Waals surface area contributed by atoms with Crippen LogP contribution in [0.2, 0.25) is 5.02 Å². The number of hydrogen-bond acceptors (Lipinski definition) is 5. The fourth-order valence-electron chi connectivity index (χ4n) is 6.42. The van der Waals surface area contributed by atoms with Crippen molar-refractivity contribution in [1.29, 1.82) is 0 Å². The maximum absolute atomic E-state index is 13.4. The Bertz CT molecular complexity index is 1160. The van der Waals surface area contributed by atoms with E-state index in [2.05, 4.69) is 30.4 Å². The van der Waals surface area contributed by atoms with Gasteiger partial charge in [0.15, 0.2) is 0 Å². The molecular formula is C31H42ClN3O4. The van der Waals surface area contributed by atoms with E-state index in [0.717, 1.165) is 48.8 Å². The second-order valence-corrected chi connectivity index (χ2v) is 11.7. The van der Waals surface area contributed by atoms with Crippen molar-refractivity contribution in [2.24, 2.45) is 17.6 Å². The maximum Gasteiger partial charge on any atom is 0.406 e. The smallest absolute Gasteiger partial charge is 0.406 e. The number of ether oxygens (including phenoxy) is 1. The number of methoxy groups -OCH3 is 1. The standard InChI is InChI=1S/C31H42ClN3O4/c1-21-7-3-8-22(17-21)18-26-27(10-4-11-28(26)32)31(38,14-6-15-34-30(37)39-2)24-9-5-16-35(20-24)29(36)23-12-13-25(33)19-23/h3-4,7-8,10-11,17,23-25,38H,5-6,9,12-16,18-20,33H2,1-2H3,(H,34,37)/t23-,24-,25+,31?/m1/s1. The molecule has 1 saturated carbocycles. The average molecular weight is 556 g/mol. The van der Waals surface area contributed by atoms with Crippen LogP contribution in [0.3, 0.4) is 0 Å². The zero-order valence-corrected chi connectivity index (χ0v) is 23.9. The number of nitrogens with one attached hydrogen (secondary N) is 1. The predicted molar refractivity (Wildman–Crippen MR) is 154 cm³/mol. The molecule has 39 heavy (non-hydrogen) atoms. The Hall–Kier alpha value is -2.61. The van der Waals surface area contributed by atoms with E-state index in [1.54, 1.807) is 0 Å². The second kappa shape index (κ2) is 13.2. The number of carbonyl (C=O) groups excluding carboxylic acids is 2. The van der Waals surface area contributed by atoms with Gasteiger partial charge in [0.1, 0.15) is 0 Å². The predicted octanol–water partition coefficient (Wildman–Crippen LogP) is 4.93. The number of amides is 2. The zero-order valence-electron chi connectivity index (χ0n) is 23.1. The third-order valence-corrected chi connectivity index (χ3v) is 8.82. The summed E-state index contributed by atoms with van der Waals surface area (Å²) >= 11 is 6.80. The minimum absolute atomic E-state index is 0.0286. The molecule has 1 aliphatic carbocycles. The van der Waals surface area contributed by atoms with Gasteiger partial charge in [0.2, 0.25) is 5.91 Å². The van der Waals surface area contributed by atoms with Crippen LogP contribution in [-0.4, -0.2) is 54.8 Å². The molecule has 1 saturated heterocycles. The van der Waals surface area contributed by atoms with E-state index in [1.807, 2.05) is 29.2 Å². The van der Waals surface area contributed by atoms with Gasteiger partial charge >= 0.3 is 6.09 Å². The van der Waals surface area contributed by atoms with Gasteiger partial charge in [-0.2, -0.15) is 0 Å². The number of aliphatic hydroxyl groups is 1. The monoisotopic (exact) mass is 555 g/mol. The highest BCUT2D eigenvalue weighted by Crippen LogP contribution is 2.43. The number of benzene rings is 2. The molecule has 212 valence electrons. The first kappa shape index (κ1) is 29.4. The van der Waals surface area contributed by atoms with Crippen molar-refractivity contribution in [3.8, 4) is 0 Å². The van der Waals surface area contributed by atoms with Crippen LogP contribution >= 0.6 is 11.6 Å². The van der Waals surface area contributed by atoms with Crippen LogP contribution in [-0.2, 0) is 21.6 Å². The van der Waals surface area contributed by atoms with Gasteiger partial charge < -0.3 is 25.8 Å². The minimum Gasteiger partial charge on any atom is -0.453 e. The number of nitrogens with zero attached hydrogens (tertiary/aromatic N) is 1. The Labute approximate surface area is 237 Å². The molecule has 0 aromatic heterocycles. The van der Waals surface area contributed by atoms with Gasteiger partial charge in [0.05, 0.1) is 12.7 Å². The van der Waals surface area contributed by atoms with Gasteiger partial charge in [-0.3, -0.25) is 4.79 Å². The number of alkyl carbamates (subject to hydrolysis) is 1. The van der Waals surface area contributed by atoms with Gasteiger partial charge in [-0.1, -0.05) is 53.6 Å².